The van der Waals surface area contributed by atoms with Crippen molar-refractivity contribution in [2.45, 2.75) is 13.8 Å². The Morgan fingerprint density at radius 1 is 1.25 bits per heavy atom. The first kappa shape index (κ1) is 16.7. The lowest BCUT2D eigenvalue weighted by molar-refractivity contribution is 0.0479. The number of ketones is 1. The standard InChI is InChI=1S/C18H16ClNO3S/c1-10-8-13(11(2)20(10)3)14(21)9-23-18(22)17-16(19)12-6-4-5-7-15(12)24-17/h4-8H,9H2,1-3H3. The van der Waals surface area contributed by atoms with E-state index in [0.29, 0.717) is 15.5 Å². The molecular weight excluding hydrogens is 346 g/mol. The number of ether oxygens (including phenoxy) is 1. The summed E-state index contributed by atoms with van der Waals surface area (Å²) < 4.78 is 8.03. The zero-order chi connectivity index (χ0) is 17.4. The molecule has 0 aliphatic heterocycles. The van der Waals surface area contributed by atoms with Crippen molar-refractivity contribution in [1.82, 2.24) is 4.57 Å². The van der Waals surface area contributed by atoms with Crippen molar-refractivity contribution < 1.29 is 14.3 Å². The van der Waals surface area contributed by atoms with Gasteiger partial charge >= 0.3 is 5.97 Å². The molecule has 0 bridgehead atoms. The number of rotatable bonds is 4. The molecule has 0 aliphatic carbocycles. The van der Waals surface area contributed by atoms with Crippen LogP contribution in [-0.2, 0) is 11.8 Å². The van der Waals surface area contributed by atoms with E-state index in [1.807, 2.05) is 49.7 Å². The van der Waals surface area contributed by atoms with Crippen LogP contribution in [0.5, 0.6) is 0 Å². The van der Waals surface area contributed by atoms with E-state index in [1.165, 1.54) is 11.3 Å². The molecule has 6 heteroatoms. The molecule has 0 N–H and O–H groups in total. The van der Waals surface area contributed by atoms with Gasteiger partial charge < -0.3 is 9.30 Å². The van der Waals surface area contributed by atoms with E-state index in [1.54, 1.807) is 6.07 Å². The molecule has 0 unspecified atom stereocenters. The average molecular weight is 362 g/mol. The molecule has 3 aromatic rings. The maximum atomic E-state index is 12.3. The van der Waals surface area contributed by atoms with Gasteiger partial charge in [-0.05, 0) is 26.0 Å². The molecule has 0 fully saturated rings. The van der Waals surface area contributed by atoms with Gasteiger partial charge in [-0.2, -0.15) is 0 Å². The number of thiophene rings is 1. The van der Waals surface area contributed by atoms with Crippen LogP contribution in [0, 0.1) is 13.8 Å². The molecule has 2 heterocycles. The van der Waals surface area contributed by atoms with E-state index < -0.39 is 5.97 Å². The fourth-order valence-electron chi connectivity index (χ4n) is 2.56. The minimum absolute atomic E-state index is 0.221. The van der Waals surface area contributed by atoms with Gasteiger partial charge in [0.15, 0.2) is 6.61 Å². The summed E-state index contributed by atoms with van der Waals surface area (Å²) in [4.78, 5) is 24.9. The number of halogens is 1. The molecule has 2 aromatic heterocycles. The SMILES string of the molecule is Cc1cc(C(=O)COC(=O)c2sc3ccccc3c2Cl)c(C)n1C. The highest BCUT2D eigenvalue weighted by molar-refractivity contribution is 7.21. The minimum atomic E-state index is -0.570. The molecule has 4 nitrogen and oxygen atoms in total. The van der Waals surface area contributed by atoms with Crippen LogP contribution in [-0.4, -0.2) is 22.9 Å². The number of hydrogen-bond acceptors (Lipinski definition) is 4. The van der Waals surface area contributed by atoms with Crippen molar-refractivity contribution in [1.29, 1.82) is 0 Å². The van der Waals surface area contributed by atoms with Crippen molar-refractivity contribution in [3.8, 4) is 0 Å². The predicted octanol–water partition coefficient (Wildman–Crippen LogP) is 4.55. The lowest BCUT2D eigenvalue weighted by Gasteiger charge is -2.04. The quantitative estimate of drug-likeness (QED) is 0.506. The van der Waals surface area contributed by atoms with Crippen molar-refractivity contribution in [2.24, 2.45) is 7.05 Å². The Balaban J connectivity index is 1.76. The van der Waals surface area contributed by atoms with Crippen LogP contribution in [0.15, 0.2) is 30.3 Å². The fraction of sp³-hybridized carbons (Fsp3) is 0.222. The molecule has 0 atom stereocenters. The maximum Gasteiger partial charge on any atom is 0.350 e. The lowest BCUT2D eigenvalue weighted by Crippen LogP contribution is -2.14. The third-order valence-electron chi connectivity index (χ3n) is 4.13. The summed E-state index contributed by atoms with van der Waals surface area (Å²) in [7, 11) is 1.89. The number of esters is 1. The van der Waals surface area contributed by atoms with Crippen molar-refractivity contribution in [3.05, 3.63) is 57.2 Å². The third-order valence-corrected chi connectivity index (χ3v) is 5.79. The number of aryl methyl sites for hydroxylation is 1. The van der Waals surface area contributed by atoms with E-state index in [0.717, 1.165) is 21.5 Å². The van der Waals surface area contributed by atoms with Crippen molar-refractivity contribution >= 4 is 44.8 Å². The van der Waals surface area contributed by atoms with Crippen LogP contribution < -0.4 is 0 Å². The molecular formula is C18H16ClNO3S. The Hall–Kier alpha value is -2.11. The third kappa shape index (κ3) is 2.85. The summed E-state index contributed by atoms with van der Waals surface area (Å²) in [6, 6.07) is 9.29. The van der Waals surface area contributed by atoms with Crippen LogP contribution in [0.4, 0.5) is 0 Å². The molecule has 1 aromatic carbocycles. The average Bonchev–Trinajstić information content (AvgIpc) is 3.05. The molecule has 0 radical (unpaired) electrons. The summed E-state index contributed by atoms with van der Waals surface area (Å²) in [5, 5.41) is 1.19. The number of hydrogen-bond donors (Lipinski definition) is 0. The second kappa shape index (κ2) is 6.42. The van der Waals surface area contributed by atoms with Crippen LogP contribution in [0.25, 0.3) is 10.1 Å². The van der Waals surface area contributed by atoms with Crippen molar-refractivity contribution in [3.63, 3.8) is 0 Å². The van der Waals surface area contributed by atoms with Gasteiger partial charge in [-0.1, -0.05) is 29.8 Å². The Bertz CT molecular complexity index is 955. The van der Waals surface area contributed by atoms with E-state index in [2.05, 4.69) is 0 Å². The number of Topliss-reactive ketones (excluding diaryl/α,β-unsaturated/α-hetero) is 1. The van der Waals surface area contributed by atoms with Gasteiger partial charge in [0, 0.05) is 34.1 Å². The first-order valence-electron chi connectivity index (χ1n) is 7.40. The molecule has 0 amide bonds. The van der Waals surface area contributed by atoms with Crippen LogP contribution >= 0.6 is 22.9 Å². The lowest BCUT2D eigenvalue weighted by atomic mass is 10.1. The Morgan fingerprint density at radius 3 is 2.58 bits per heavy atom. The fourth-order valence-corrected chi connectivity index (χ4v) is 3.96. The van der Waals surface area contributed by atoms with E-state index >= 15 is 0 Å². The normalized spacial score (nSPS) is 11.0. The molecule has 0 aliphatic rings. The first-order valence-corrected chi connectivity index (χ1v) is 8.60. The first-order chi connectivity index (χ1) is 11.4. The van der Waals surface area contributed by atoms with Crippen molar-refractivity contribution in [2.75, 3.05) is 6.61 Å². The molecule has 3 rings (SSSR count). The van der Waals surface area contributed by atoms with Gasteiger partial charge in [0.05, 0.1) is 5.02 Å². The minimum Gasteiger partial charge on any atom is -0.453 e. The van der Waals surface area contributed by atoms with Crippen LogP contribution in [0.2, 0.25) is 5.02 Å². The van der Waals surface area contributed by atoms with Gasteiger partial charge in [-0.3, -0.25) is 4.79 Å². The van der Waals surface area contributed by atoms with Gasteiger partial charge in [0.2, 0.25) is 5.78 Å². The van der Waals surface area contributed by atoms with Gasteiger partial charge in [-0.25, -0.2) is 4.79 Å². The molecule has 0 saturated carbocycles. The summed E-state index contributed by atoms with van der Waals surface area (Å²) in [5.41, 5.74) is 2.41. The Labute approximate surface area is 148 Å². The predicted molar refractivity (Wildman–Crippen MR) is 96.3 cm³/mol. The number of fused-ring (bicyclic) bond motifs is 1. The smallest absolute Gasteiger partial charge is 0.350 e. The van der Waals surface area contributed by atoms with Gasteiger partial charge in [0.25, 0.3) is 0 Å². The second-order valence-corrected chi connectivity index (χ2v) is 7.01. The monoisotopic (exact) mass is 361 g/mol. The highest BCUT2D eigenvalue weighted by Crippen LogP contribution is 2.35. The number of aromatic nitrogens is 1. The van der Waals surface area contributed by atoms with Gasteiger partial charge in [-0.15, -0.1) is 11.3 Å². The van der Waals surface area contributed by atoms with Gasteiger partial charge in [0.1, 0.15) is 4.88 Å². The molecule has 24 heavy (non-hydrogen) atoms. The summed E-state index contributed by atoms with van der Waals surface area (Å²) in [6.45, 7) is 3.49. The Kier molecular flexibility index (Phi) is 4.47. The number of nitrogens with zero attached hydrogens (tertiary/aromatic N) is 1. The largest absolute Gasteiger partial charge is 0.453 e. The zero-order valence-corrected chi connectivity index (χ0v) is 15.1. The summed E-state index contributed by atoms with van der Waals surface area (Å²) in [6.07, 6.45) is 0. The topological polar surface area (TPSA) is 48.3 Å². The van der Waals surface area contributed by atoms with E-state index in [4.69, 9.17) is 16.3 Å². The zero-order valence-electron chi connectivity index (χ0n) is 13.6. The summed E-state index contributed by atoms with van der Waals surface area (Å²) >= 11 is 7.52. The van der Waals surface area contributed by atoms with E-state index in [-0.39, 0.29) is 12.4 Å². The van der Waals surface area contributed by atoms with Crippen LogP contribution in [0.3, 0.4) is 0 Å². The maximum absolute atomic E-state index is 12.3. The van der Waals surface area contributed by atoms with Crippen LogP contribution in [0.1, 0.15) is 31.4 Å². The molecule has 0 spiro atoms. The highest BCUT2D eigenvalue weighted by Gasteiger charge is 2.21. The number of carbonyl (C=O) groups excluding carboxylic acids is 2. The number of benzene rings is 1. The second-order valence-electron chi connectivity index (χ2n) is 5.58. The molecule has 0 saturated heterocycles. The molecule has 124 valence electrons. The summed E-state index contributed by atoms with van der Waals surface area (Å²) in [5.74, 6) is -0.790. The number of carbonyl (C=O) groups is 2. The Morgan fingerprint density at radius 2 is 1.96 bits per heavy atom. The van der Waals surface area contributed by atoms with E-state index in [9.17, 15) is 9.59 Å². The highest BCUT2D eigenvalue weighted by atomic mass is 35.5.